The van der Waals surface area contributed by atoms with Crippen LogP contribution in [0.1, 0.15) is 48.3 Å². The molecule has 33 heavy (non-hydrogen) atoms. The quantitative estimate of drug-likeness (QED) is 0.640. The summed E-state index contributed by atoms with van der Waals surface area (Å²) in [6.07, 6.45) is 3.33. The number of benzene rings is 1. The van der Waals surface area contributed by atoms with E-state index in [0.29, 0.717) is 24.4 Å². The summed E-state index contributed by atoms with van der Waals surface area (Å²) in [5.41, 5.74) is 0.578. The lowest BCUT2D eigenvalue weighted by atomic mass is 9.99. The zero-order valence-electron chi connectivity index (χ0n) is 19.2. The molecule has 3 amide bonds. The summed E-state index contributed by atoms with van der Waals surface area (Å²) in [5.74, 6) is 0.273. The number of likely N-dealkylation sites (tertiary alicyclic amines) is 2. The zero-order chi connectivity index (χ0) is 22.7. The number of Topliss-reactive ketones (excluding diaryl/α,β-unsaturated/α-hetero) is 1. The van der Waals surface area contributed by atoms with Crippen molar-refractivity contribution in [1.82, 2.24) is 15.1 Å². The standard InChI is InChI=1S/C25H31N3O3S.H2S/c1-17(2)15-19(10-11-20-9-6-14-32-20)26-25(31)27-13-12-21-23(27)22(29)16-28(21)24(30)18-7-4-3-5-8-18;/h3-9,14,17,19,21,23H,10-13,15-16H2,1-2H3,(H,26,31);1H2/t19?,21-,23+;/m1./s1. The van der Waals surface area contributed by atoms with Gasteiger partial charge in [-0.2, -0.15) is 13.5 Å². The molecule has 3 heterocycles. The molecule has 6 nitrogen and oxygen atoms in total. The van der Waals surface area contributed by atoms with E-state index in [2.05, 4.69) is 36.7 Å². The van der Waals surface area contributed by atoms with Gasteiger partial charge in [0.1, 0.15) is 6.04 Å². The molecule has 2 saturated heterocycles. The van der Waals surface area contributed by atoms with Crippen LogP contribution in [0.15, 0.2) is 47.8 Å². The number of hydrogen-bond donors (Lipinski definition) is 1. The van der Waals surface area contributed by atoms with Gasteiger partial charge >= 0.3 is 6.03 Å². The molecule has 0 saturated carbocycles. The third kappa shape index (κ3) is 5.79. The van der Waals surface area contributed by atoms with Crippen LogP contribution in [0, 0.1) is 5.92 Å². The number of carbonyl (C=O) groups excluding carboxylic acids is 3. The van der Waals surface area contributed by atoms with E-state index in [1.54, 1.807) is 33.3 Å². The molecular formula is C25H33N3O3S2. The molecule has 0 radical (unpaired) electrons. The van der Waals surface area contributed by atoms with Gasteiger partial charge < -0.3 is 15.1 Å². The second-order valence-electron chi connectivity index (χ2n) is 9.15. The number of amides is 3. The minimum absolute atomic E-state index is 0. The molecule has 178 valence electrons. The van der Waals surface area contributed by atoms with Crippen molar-refractivity contribution in [3.8, 4) is 0 Å². The largest absolute Gasteiger partial charge is 0.335 e. The van der Waals surface area contributed by atoms with E-state index in [1.807, 2.05) is 18.2 Å². The van der Waals surface area contributed by atoms with Crippen molar-refractivity contribution in [3.05, 3.63) is 58.3 Å². The Hall–Kier alpha value is -2.32. The highest BCUT2D eigenvalue weighted by Gasteiger charge is 2.51. The van der Waals surface area contributed by atoms with E-state index in [9.17, 15) is 14.4 Å². The van der Waals surface area contributed by atoms with E-state index < -0.39 is 6.04 Å². The molecular weight excluding hydrogens is 454 g/mol. The maximum atomic E-state index is 13.2. The van der Waals surface area contributed by atoms with Crippen LogP contribution in [-0.2, 0) is 11.2 Å². The Morgan fingerprint density at radius 2 is 1.88 bits per heavy atom. The summed E-state index contributed by atoms with van der Waals surface area (Å²) in [6.45, 7) is 4.87. The lowest BCUT2D eigenvalue weighted by Gasteiger charge is -2.28. The van der Waals surface area contributed by atoms with Gasteiger partial charge in [-0.25, -0.2) is 4.79 Å². The Morgan fingerprint density at radius 3 is 2.55 bits per heavy atom. The maximum absolute atomic E-state index is 13.2. The van der Waals surface area contributed by atoms with Crippen molar-refractivity contribution in [2.45, 2.75) is 57.7 Å². The number of nitrogens with one attached hydrogen (secondary N) is 1. The number of aryl methyl sites for hydroxylation is 1. The Labute approximate surface area is 206 Å². The van der Waals surface area contributed by atoms with Crippen LogP contribution >= 0.6 is 24.8 Å². The van der Waals surface area contributed by atoms with Gasteiger partial charge in [-0.15, -0.1) is 11.3 Å². The number of urea groups is 1. The second kappa shape index (κ2) is 11.2. The number of thiophene rings is 1. The molecule has 0 spiro atoms. The Morgan fingerprint density at radius 1 is 1.12 bits per heavy atom. The lowest BCUT2D eigenvalue weighted by Crippen LogP contribution is -2.50. The molecule has 2 aliphatic rings. The van der Waals surface area contributed by atoms with E-state index in [1.165, 1.54) is 4.88 Å². The second-order valence-corrected chi connectivity index (χ2v) is 10.2. The Balaban J connectivity index is 0.00000306. The van der Waals surface area contributed by atoms with Gasteiger partial charge in [0, 0.05) is 23.0 Å². The van der Waals surface area contributed by atoms with Crippen LogP contribution in [-0.4, -0.2) is 58.7 Å². The minimum Gasteiger partial charge on any atom is -0.335 e. The van der Waals surface area contributed by atoms with Crippen molar-refractivity contribution in [3.63, 3.8) is 0 Å². The molecule has 8 heteroatoms. The van der Waals surface area contributed by atoms with Crippen molar-refractivity contribution >= 4 is 42.6 Å². The third-order valence-electron chi connectivity index (χ3n) is 6.37. The molecule has 2 aromatic rings. The first-order valence-electron chi connectivity index (χ1n) is 11.4. The fourth-order valence-electron chi connectivity index (χ4n) is 4.91. The molecule has 0 aliphatic carbocycles. The first-order chi connectivity index (χ1) is 15.4. The Bertz CT molecular complexity index is 949. The van der Waals surface area contributed by atoms with Crippen LogP contribution in [0.25, 0.3) is 0 Å². The molecule has 2 aliphatic heterocycles. The fourth-order valence-corrected chi connectivity index (χ4v) is 5.64. The van der Waals surface area contributed by atoms with Gasteiger partial charge in [-0.1, -0.05) is 38.1 Å². The monoisotopic (exact) mass is 487 g/mol. The molecule has 1 aromatic heterocycles. The van der Waals surface area contributed by atoms with E-state index >= 15 is 0 Å². The summed E-state index contributed by atoms with van der Waals surface area (Å²) in [5, 5.41) is 5.27. The van der Waals surface area contributed by atoms with Crippen LogP contribution < -0.4 is 5.32 Å². The minimum atomic E-state index is -0.542. The van der Waals surface area contributed by atoms with Crippen LogP contribution in [0.3, 0.4) is 0 Å². The van der Waals surface area contributed by atoms with E-state index in [0.717, 1.165) is 19.3 Å². The highest BCUT2D eigenvalue weighted by Crippen LogP contribution is 2.31. The summed E-state index contributed by atoms with van der Waals surface area (Å²) >= 11 is 1.74. The van der Waals surface area contributed by atoms with Crippen LogP contribution in [0.4, 0.5) is 4.79 Å². The normalized spacial score (nSPS) is 20.5. The fraction of sp³-hybridized carbons (Fsp3) is 0.480. The van der Waals surface area contributed by atoms with Gasteiger partial charge in [0.2, 0.25) is 0 Å². The average Bonchev–Trinajstić information content (AvgIpc) is 3.51. The summed E-state index contributed by atoms with van der Waals surface area (Å²) < 4.78 is 0. The lowest BCUT2D eigenvalue weighted by molar-refractivity contribution is -0.119. The summed E-state index contributed by atoms with van der Waals surface area (Å²) in [4.78, 5) is 43.6. The van der Waals surface area contributed by atoms with E-state index in [4.69, 9.17) is 0 Å². The van der Waals surface area contributed by atoms with Gasteiger partial charge in [-0.05, 0) is 55.2 Å². The number of hydrogen-bond acceptors (Lipinski definition) is 4. The van der Waals surface area contributed by atoms with Crippen LogP contribution in [0.2, 0.25) is 0 Å². The van der Waals surface area contributed by atoms with Gasteiger partial charge in [-0.3, -0.25) is 9.59 Å². The summed E-state index contributed by atoms with van der Waals surface area (Å²) in [6, 6.07) is 12.3. The van der Waals surface area contributed by atoms with Crippen molar-refractivity contribution < 1.29 is 14.4 Å². The topological polar surface area (TPSA) is 69.7 Å². The molecule has 3 atom stereocenters. The number of ketones is 1. The van der Waals surface area contributed by atoms with Crippen LogP contribution in [0.5, 0.6) is 0 Å². The zero-order valence-corrected chi connectivity index (χ0v) is 21.0. The molecule has 1 aromatic carbocycles. The molecule has 1 N–H and O–H groups in total. The number of rotatable bonds is 7. The number of fused-ring (bicyclic) bond motifs is 1. The first kappa shape index (κ1) is 25.3. The average molecular weight is 488 g/mol. The summed E-state index contributed by atoms with van der Waals surface area (Å²) in [7, 11) is 0. The van der Waals surface area contributed by atoms with Gasteiger partial charge in [0.25, 0.3) is 5.91 Å². The SMILES string of the molecule is CC(C)CC(CCc1cccs1)NC(=O)N1CC[C@@H]2[C@H]1C(=O)CN2C(=O)c1ccccc1.S. The highest BCUT2D eigenvalue weighted by molar-refractivity contribution is 7.59. The van der Waals surface area contributed by atoms with Crippen molar-refractivity contribution in [1.29, 1.82) is 0 Å². The molecule has 2 fully saturated rings. The first-order valence-corrected chi connectivity index (χ1v) is 12.3. The van der Waals surface area contributed by atoms with Crippen molar-refractivity contribution in [2.24, 2.45) is 5.92 Å². The number of carbonyl (C=O) groups is 3. The number of nitrogens with zero attached hydrogens (tertiary/aromatic N) is 2. The predicted octanol–water partition coefficient (Wildman–Crippen LogP) is 4.09. The molecule has 4 rings (SSSR count). The van der Waals surface area contributed by atoms with Gasteiger partial charge in [0.15, 0.2) is 5.78 Å². The van der Waals surface area contributed by atoms with E-state index in [-0.39, 0.29) is 49.8 Å². The smallest absolute Gasteiger partial charge is 0.318 e. The third-order valence-corrected chi connectivity index (χ3v) is 7.30. The predicted molar refractivity (Wildman–Crippen MR) is 136 cm³/mol. The molecule has 1 unspecified atom stereocenters. The van der Waals surface area contributed by atoms with Gasteiger partial charge in [0.05, 0.1) is 12.6 Å². The highest BCUT2D eigenvalue weighted by atomic mass is 32.1. The maximum Gasteiger partial charge on any atom is 0.318 e. The van der Waals surface area contributed by atoms with Crippen molar-refractivity contribution in [2.75, 3.05) is 13.1 Å². The Kier molecular flexibility index (Phi) is 8.59. The molecule has 0 bridgehead atoms.